The summed E-state index contributed by atoms with van der Waals surface area (Å²) in [7, 11) is 0. The molecule has 0 aromatic carbocycles. The van der Waals surface area contributed by atoms with Crippen LogP contribution in [-0.4, -0.2) is 26.9 Å². The van der Waals surface area contributed by atoms with Crippen LogP contribution in [-0.2, 0) is 4.79 Å². The summed E-state index contributed by atoms with van der Waals surface area (Å²) in [6.07, 6.45) is 7.43. The van der Waals surface area contributed by atoms with Crippen molar-refractivity contribution >= 4 is 47.4 Å². The second kappa shape index (κ2) is 9.38. The summed E-state index contributed by atoms with van der Waals surface area (Å²) in [5, 5.41) is 4.02. The molecule has 1 aliphatic carbocycles. The van der Waals surface area contributed by atoms with E-state index < -0.39 is 0 Å². The molecule has 0 atom stereocenters. The number of nitrogens with one attached hydrogen (secondary N) is 2. The molecule has 0 aliphatic heterocycles. The first-order valence-electron chi connectivity index (χ1n) is 7.97. The van der Waals surface area contributed by atoms with Crippen LogP contribution in [0, 0.1) is 11.8 Å². The summed E-state index contributed by atoms with van der Waals surface area (Å²) in [6, 6.07) is 3.79. The average Bonchev–Trinajstić information content (AvgIpc) is 2.96. The van der Waals surface area contributed by atoms with Gasteiger partial charge in [-0.3, -0.25) is 4.79 Å². The normalized spacial score (nSPS) is 20.0. The molecule has 1 amide bonds. The number of hydrogen-bond donors (Lipinski definition) is 3. The molecule has 25 heavy (non-hydrogen) atoms. The van der Waals surface area contributed by atoms with Gasteiger partial charge in [-0.15, -0.1) is 24.8 Å². The molecule has 2 heterocycles. The molecular formula is C17H28Cl2N4O2. The van der Waals surface area contributed by atoms with Gasteiger partial charge in [-0.05, 0) is 57.6 Å². The number of nitrogens with two attached hydrogens (primary N) is 1. The number of halogens is 2. The minimum atomic E-state index is -0.149. The number of fused-ring (bicyclic) bond motifs is 1. The number of pyridine rings is 1. The molecule has 3 rings (SSSR count). The molecule has 0 spiro atoms. The van der Waals surface area contributed by atoms with Crippen LogP contribution in [0.15, 0.2) is 24.5 Å². The van der Waals surface area contributed by atoms with Gasteiger partial charge in [0.2, 0.25) is 5.91 Å². The molecule has 2 aromatic heterocycles. The molecule has 1 fully saturated rings. The van der Waals surface area contributed by atoms with E-state index >= 15 is 0 Å². The van der Waals surface area contributed by atoms with E-state index in [0.29, 0.717) is 5.92 Å². The first-order chi connectivity index (χ1) is 10.4. The predicted octanol–water partition coefficient (Wildman–Crippen LogP) is 3.06. The Labute approximate surface area is 160 Å². The standard InChI is InChI=1S/C17H24N4O.2ClH.H2O/c1-17(2,18)12-5-3-11(4-6-12)16(22)21-14-8-10-20-15-13(14)7-9-19-15;;;/h7-12H,3-6,18H2,1-2H3,(H2,19,20,21,22);2*1H;1H2/t11-,12-;;;. The SMILES string of the molecule is CC(C)(N)[C@H]1CC[C@H](C(=O)Nc2ccnc3[nH]ccc23)CC1.Cl.Cl.O. The zero-order valence-electron chi connectivity index (χ0n) is 14.5. The van der Waals surface area contributed by atoms with Crippen molar-refractivity contribution < 1.29 is 10.3 Å². The molecular weight excluding hydrogens is 363 g/mol. The Morgan fingerprint density at radius 2 is 1.88 bits per heavy atom. The van der Waals surface area contributed by atoms with E-state index in [2.05, 4.69) is 29.1 Å². The fraction of sp³-hybridized carbons (Fsp3) is 0.529. The van der Waals surface area contributed by atoms with Gasteiger partial charge in [0.05, 0.1) is 5.69 Å². The lowest BCUT2D eigenvalue weighted by molar-refractivity contribution is -0.121. The van der Waals surface area contributed by atoms with Crippen LogP contribution in [0.2, 0.25) is 0 Å². The Morgan fingerprint density at radius 1 is 1.24 bits per heavy atom. The Morgan fingerprint density at radius 3 is 2.48 bits per heavy atom. The lowest BCUT2D eigenvalue weighted by Gasteiger charge is -2.36. The number of amides is 1. The van der Waals surface area contributed by atoms with E-state index in [-0.39, 0.29) is 47.7 Å². The Balaban J connectivity index is 0.00000192. The number of carbonyl (C=O) groups excluding carboxylic acids is 1. The first-order valence-corrected chi connectivity index (χ1v) is 7.97. The van der Waals surface area contributed by atoms with Crippen molar-refractivity contribution in [1.82, 2.24) is 9.97 Å². The molecule has 6 nitrogen and oxygen atoms in total. The summed E-state index contributed by atoms with van der Waals surface area (Å²) in [5.74, 6) is 0.705. The molecule has 142 valence electrons. The summed E-state index contributed by atoms with van der Waals surface area (Å²) in [4.78, 5) is 19.8. The molecule has 2 aromatic rings. The highest BCUT2D eigenvalue weighted by Gasteiger charge is 2.32. The van der Waals surface area contributed by atoms with Gasteiger partial charge in [-0.1, -0.05) is 0 Å². The number of hydrogen-bond acceptors (Lipinski definition) is 3. The Hall–Kier alpha value is -1.34. The van der Waals surface area contributed by atoms with Crippen molar-refractivity contribution in [3.05, 3.63) is 24.5 Å². The molecule has 1 saturated carbocycles. The number of nitrogens with zero attached hydrogens (tertiary/aromatic N) is 1. The lowest BCUT2D eigenvalue weighted by atomic mass is 9.73. The second-order valence-corrected chi connectivity index (χ2v) is 6.96. The number of carbonyl (C=O) groups is 1. The summed E-state index contributed by atoms with van der Waals surface area (Å²) < 4.78 is 0. The summed E-state index contributed by atoms with van der Waals surface area (Å²) in [6.45, 7) is 4.16. The zero-order chi connectivity index (χ0) is 15.7. The van der Waals surface area contributed by atoms with Crippen LogP contribution in [0.3, 0.4) is 0 Å². The lowest BCUT2D eigenvalue weighted by Crippen LogP contribution is -2.43. The molecule has 6 N–H and O–H groups in total. The van der Waals surface area contributed by atoms with Crippen molar-refractivity contribution in [2.45, 2.75) is 45.1 Å². The topological polar surface area (TPSA) is 115 Å². The highest BCUT2D eigenvalue weighted by molar-refractivity contribution is 6.00. The third kappa shape index (κ3) is 5.31. The first kappa shape index (κ1) is 23.7. The van der Waals surface area contributed by atoms with Gasteiger partial charge >= 0.3 is 0 Å². The van der Waals surface area contributed by atoms with Gasteiger partial charge in [0, 0.05) is 29.2 Å². The van der Waals surface area contributed by atoms with Gasteiger partial charge in [0.1, 0.15) is 5.65 Å². The second-order valence-electron chi connectivity index (χ2n) is 6.96. The number of aromatic amines is 1. The van der Waals surface area contributed by atoms with Gasteiger partial charge in [0.25, 0.3) is 0 Å². The van der Waals surface area contributed by atoms with Gasteiger partial charge in [-0.2, -0.15) is 0 Å². The van der Waals surface area contributed by atoms with E-state index in [1.165, 1.54) is 0 Å². The number of aromatic nitrogens is 2. The average molecular weight is 391 g/mol. The molecule has 8 heteroatoms. The molecule has 0 unspecified atom stereocenters. The number of anilines is 1. The van der Waals surface area contributed by atoms with Crippen LogP contribution in [0.5, 0.6) is 0 Å². The van der Waals surface area contributed by atoms with Gasteiger partial charge in [-0.25, -0.2) is 4.98 Å². The van der Waals surface area contributed by atoms with E-state index in [0.717, 1.165) is 42.4 Å². The third-order valence-electron chi connectivity index (χ3n) is 4.87. The molecule has 0 radical (unpaired) electrons. The van der Waals surface area contributed by atoms with Gasteiger partial charge in [0.15, 0.2) is 0 Å². The maximum absolute atomic E-state index is 12.5. The minimum Gasteiger partial charge on any atom is -0.412 e. The van der Waals surface area contributed by atoms with E-state index in [9.17, 15) is 4.79 Å². The van der Waals surface area contributed by atoms with Crippen LogP contribution in [0.1, 0.15) is 39.5 Å². The maximum Gasteiger partial charge on any atom is 0.227 e. The maximum atomic E-state index is 12.5. The largest absolute Gasteiger partial charge is 0.412 e. The quantitative estimate of drug-likeness (QED) is 0.747. The van der Waals surface area contributed by atoms with Crippen LogP contribution in [0.25, 0.3) is 11.0 Å². The fourth-order valence-corrected chi connectivity index (χ4v) is 3.40. The molecule has 1 aliphatic rings. The molecule has 0 bridgehead atoms. The van der Waals surface area contributed by atoms with Crippen molar-refractivity contribution in [3.63, 3.8) is 0 Å². The van der Waals surface area contributed by atoms with Gasteiger partial charge < -0.3 is 21.5 Å². The van der Waals surface area contributed by atoms with E-state index in [4.69, 9.17) is 5.73 Å². The predicted molar refractivity (Wildman–Crippen MR) is 107 cm³/mol. The van der Waals surface area contributed by atoms with Crippen LogP contribution < -0.4 is 11.1 Å². The zero-order valence-corrected chi connectivity index (χ0v) is 16.2. The Kier molecular flexibility index (Phi) is 8.88. The van der Waals surface area contributed by atoms with E-state index in [1.807, 2.05) is 18.3 Å². The monoisotopic (exact) mass is 390 g/mol. The summed E-state index contributed by atoms with van der Waals surface area (Å²) in [5.41, 5.74) is 7.67. The minimum absolute atomic E-state index is 0. The van der Waals surface area contributed by atoms with Crippen molar-refractivity contribution in [2.24, 2.45) is 17.6 Å². The Bertz CT molecular complexity index is 677. The van der Waals surface area contributed by atoms with Crippen LogP contribution in [0.4, 0.5) is 5.69 Å². The molecule has 0 saturated heterocycles. The number of rotatable bonds is 3. The van der Waals surface area contributed by atoms with Crippen LogP contribution >= 0.6 is 24.8 Å². The van der Waals surface area contributed by atoms with E-state index in [1.54, 1.807) is 6.20 Å². The smallest absolute Gasteiger partial charge is 0.227 e. The highest BCUT2D eigenvalue weighted by atomic mass is 35.5. The highest BCUT2D eigenvalue weighted by Crippen LogP contribution is 2.35. The van der Waals surface area contributed by atoms with Crippen molar-refractivity contribution in [3.8, 4) is 0 Å². The fourth-order valence-electron chi connectivity index (χ4n) is 3.40. The third-order valence-corrected chi connectivity index (χ3v) is 4.87. The number of H-pyrrole nitrogens is 1. The summed E-state index contributed by atoms with van der Waals surface area (Å²) >= 11 is 0. The van der Waals surface area contributed by atoms with Crippen molar-refractivity contribution in [2.75, 3.05) is 5.32 Å². The van der Waals surface area contributed by atoms with Crippen molar-refractivity contribution in [1.29, 1.82) is 0 Å².